The van der Waals surface area contributed by atoms with Crippen LogP contribution in [-0.4, -0.2) is 18.7 Å². The highest BCUT2D eigenvalue weighted by Gasteiger charge is 2.05. The fourth-order valence-corrected chi connectivity index (χ4v) is 2.83. The number of amides is 1. The SMILES string of the molecule is O=C(COc1ccccc1Cl)NN=Cc1ccccc1OCc1ccc(Br)cc1. The summed E-state index contributed by atoms with van der Waals surface area (Å²) in [4.78, 5) is 11.9. The molecule has 29 heavy (non-hydrogen) atoms. The van der Waals surface area contributed by atoms with Crippen molar-refractivity contribution in [1.29, 1.82) is 0 Å². The van der Waals surface area contributed by atoms with E-state index in [1.807, 2.05) is 48.5 Å². The van der Waals surface area contributed by atoms with Crippen LogP contribution in [0.3, 0.4) is 0 Å². The zero-order valence-corrected chi connectivity index (χ0v) is 17.7. The van der Waals surface area contributed by atoms with Gasteiger partial charge in [-0.25, -0.2) is 5.43 Å². The Bertz CT molecular complexity index is 993. The second kappa shape index (κ2) is 10.6. The molecule has 3 aromatic carbocycles. The molecule has 1 N–H and O–H groups in total. The van der Waals surface area contributed by atoms with Gasteiger partial charge < -0.3 is 9.47 Å². The van der Waals surface area contributed by atoms with E-state index in [0.717, 1.165) is 15.6 Å². The molecule has 0 heterocycles. The lowest BCUT2D eigenvalue weighted by Gasteiger charge is -2.09. The first-order valence-corrected chi connectivity index (χ1v) is 9.94. The van der Waals surface area contributed by atoms with Gasteiger partial charge in [-0.05, 0) is 42.0 Å². The lowest BCUT2D eigenvalue weighted by atomic mass is 10.2. The molecule has 148 valence electrons. The number of carbonyl (C=O) groups is 1. The number of para-hydroxylation sites is 2. The summed E-state index contributed by atoms with van der Waals surface area (Å²) in [6.45, 7) is 0.235. The van der Waals surface area contributed by atoms with Gasteiger partial charge in [-0.3, -0.25) is 4.79 Å². The monoisotopic (exact) mass is 472 g/mol. The summed E-state index contributed by atoms with van der Waals surface area (Å²) in [6, 6.07) is 22.3. The molecule has 0 aliphatic rings. The number of hydrogen-bond acceptors (Lipinski definition) is 4. The number of halogens is 2. The van der Waals surface area contributed by atoms with Crippen molar-refractivity contribution in [3.05, 3.63) is 93.4 Å². The van der Waals surface area contributed by atoms with Gasteiger partial charge in [-0.2, -0.15) is 5.10 Å². The zero-order valence-electron chi connectivity index (χ0n) is 15.3. The normalized spacial score (nSPS) is 10.7. The van der Waals surface area contributed by atoms with Crippen molar-refractivity contribution < 1.29 is 14.3 Å². The Morgan fingerprint density at radius 2 is 1.66 bits per heavy atom. The molecule has 0 fully saturated rings. The first-order chi connectivity index (χ1) is 14.1. The Hall–Kier alpha value is -2.83. The minimum atomic E-state index is -0.394. The Labute approximate surface area is 182 Å². The predicted octanol–water partition coefficient (Wildman–Crippen LogP) is 5.21. The molecule has 0 spiro atoms. The van der Waals surface area contributed by atoms with Crippen LogP contribution in [0.4, 0.5) is 0 Å². The summed E-state index contributed by atoms with van der Waals surface area (Å²) >= 11 is 9.40. The summed E-state index contributed by atoms with van der Waals surface area (Å²) in [6.07, 6.45) is 1.53. The molecular formula is C22H18BrClN2O3. The van der Waals surface area contributed by atoms with Crippen molar-refractivity contribution in [2.45, 2.75) is 6.61 Å². The smallest absolute Gasteiger partial charge is 0.277 e. The maximum absolute atomic E-state index is 11.9. The van der Waals surface area contributed by atoms with Crippen LogP contribution >= 0.6 is 27.5 Å². The minimum Gasteiger partial charge on any atom is -0.488 e. The molecule has 0 bridgehead atoms. The molecule has 1 amide bonds. The predicted molar refractivity (Wildman–Crippen MR) is 118 cm³/mol. The van der Waals surface area contributed by atoms with Gasteiger partial charge in [0.15, 0.2) is 6.61 Å². The molecule has 0 saturated heterocycles. The number of ether oxygens (including phenoxy) is 2. The summed E-state index contributed by atoms with van der Waals surface area (Å²) < 4.78 is 12.3. The van der Waals surface area contributed by atoms with E-state index in [2.05, 4.69) is 26.5 Å². The van der Waals surface area contributed by atoms with Crippen molar-refractivity contribution in [3.8, 4) is 11.5 Å². The average Bonchev–Trinajstić information content (AvgIpc) is 2.73. The van der Waals surface area contributed by atoms with Crippen LogP contribution in [-0.2, 0) is 11.4 Å². The third kappa shape index (κ3) is 6.62. The number of benzene rings is 3. The molecule has 0 aromatic heterocycles. The van der Waals surface area contributed by atoms with E-state index < -0.39 is 5.91 Å². The first-order valence-electron chi connectivity index (χ1n) is 8.77. The first kappa shape index (κ1) is 20.9. The summed E-state index contributed by atoms with van der Waals surface area (Å²) in [5.74, 6) is 0.718. The molecule has 7 heteroatoms. The van der Waals surface area contributed by atoms with E-state index in [4.69, 9.17) is 21.1 Å². The fourth-order valence-electron chi connectivity index (χ4n) is 2.37. The molecule has 3 aromatic rings. The topological polar surface area (TPSA) is 59.9 Å². The van der Waals surface area contributed by atoms with E-state index in [0.29, 0.717) is 23.1 Å². The summed E-state index contributed by atoms with van der Waals surface area (Å²) in [7, 11) is 0. The molecule has 3 rings (SSSR count). The van der Waals surface area contributed by atoms with Crippen LogP contribution in [0.1, 0.15) is 11.1 Å². The highest BCUT2D eigenvalue weighted by Crippen LogP contribution is 2.23. The molecule has 0 atom stereocenters. The molecule has 5 nitrogen and oxygen atoms in total. The second-order valence-electron chi connectivity index (χ2n) is 5.97. The Balaban J connectivity index is 1.53. The molecule has 0 aliphatic carbocycles. The molecular weight excluding hydrogens is 456 g/mol. The second-order valence-corrected chi connectivity index (χ2v) is 7.29. The van der Waals surface area contributed by atoms with Gasteiger partial charge in [0.25, 0.3) is 5.91 Å². The van der Waals surface area contributed by atoms with Gasteiger partial charge in [0.2, 0.25) is 0 Å². The Morgan fingerprint density at radius 1 is 0.966 bits per heavy atom. The van der Waals surface area contributed by atoms with E-state index in [1.54, 1.807) is 24.3 Å². The highest BCUT2D eigenvalue weighted by molar-refractivity contribution is 9.10. The van der Waals surface area contributed by atoms with Gasteiger partial charge in [-0.15, -0.1) is 0 Å². The lowest BCUT2D eigenvalue weighted by molar-refractivity contribution is -0.123. The van der Waals surface area contributed by atoms with Gasteiger partial charge in [0.1, 0.15) is 18.1 Å². The number of nitrogens with one attached hydrogen (secondary N) is 1. The van der Waals surface area contributed by atoms with Crippen LogP contribution in [0.5, 0.6) is 11.5 Å². The average molecular weight is 474 g/mol. The number of nitrogens with zero attached hydrogens (tertiary/aromatic N) is 1. The van der Waals surface area contributed by atoms with Crippen molar-refractivity contribution >= 4 is 39.7 Å². The van der Waals surface area contributed by atoms with Gasteiger partial charge in [0.05, 0.1) is 11.2 Å². The van der Waals surface area contributed by atoms with Crippen molar-refractivity contribution in [2.24, 2.45) is 5.10 Å². The van der Waals surface area contributed by atoms with Crippen molar-refractivity contribution in [1.82, 2.24) is 5.43 Å². The van der Waals surface area contributed by atoms with Gasteiger partial charge in [-0.1, -0.05) is 63.9 Å². The number of hydrogen-bond donors (Lipinski definition) is 1. The molecule has 0 unspecified atom stereocenters. The van der Waals surface area contributed by atoms with Crippen LogP contribution in [0.25, 0.3) is 0 Å². The summed E-state index contributed by atoms with van der Waals surface area (Å²) in [5.41, 5.74) is 4.22. The Morgan fingerprint density at radius 3 is 2.41 bits per heavy atom. The number of carbonyl (C=O) groups excluding carboxylic acids is 1. The number of rotatable bonds is 8. The standard InChI is InChI=1S/C22H18BrClN2O3/c23-18-11-9-16(10-12-18)14-28-20-7-3-1-5-17(20)13-25-26-22(27)15-29-21-8-4-2-6-19(21)24/h1-13H,14-15H2,(H,26,27). The highest BCUT2D eigenvalue weighted by atomic mass is 79.9. The molecule has 0 radical (unpaired) electrons. The van der Waals surface area contributed by atoms with Gasteiger partial charge >= 0.3 is 0 Å². The van der Waals surface area contributed by atoms with E-state index >= 15 is 0 Å². The third-order valence-corrected chi connectivity index (χ3v) is 4.66. The van der Waals surface area contributed by atoms with E-state index in [9.17, 15) is 4.79 Å². The van der Waals surface area contributed by atoms with Crippen LogP contribution in [0.15, 0.2) is 82.4 Å². The third-order valence-electron chi connectivity index (χ3n) is 3.81. The quantitative estimate of drug-likeness (QED) is 0.361. The van der Waals surface area contributed by atoms with Crippen LogP contribution in [0.2, 0.25) is 5.02 Å². The van der Waals surface area contributed by atoms with Gasteiger partial charge in [0, 0.05) is 10.0 Å². The maximum atomic E-state index is 11.9. The number of hydrazone groups is 1. The molecule has 0 saturated carbocycles. The minimum absolute atomic E-state index is 0.192. The summed E-state index contributed by atoms with van der Waals surface area (Å²) in [5, 5.41) is 4.42. The lowest BCUT2D eigenvalue weighted by Crippen LogP contribution is -2.24. The fraction of sp³-hybridized carbons (Fsp3) is 0.0909. The van der Waals surface area contributed by atoms with Crippen molar-refractivity contribution in [2.75, 3.05) is 6.61 Å². The molecule has 0 aliphatic heterocycles. The maximum Gasteiger partial charge on any atom is 0.277 e. The van der Waals surface area contributed by atoms with E-state index in [1.165, 1.54) is 6.21 Å². The largest absolute Gasteiger partial charge is 0.488 e. The van der Waals surface area contributed by atoms with Crippen LogP contribution in [0, 0.1) is 0 Å². The zero-order chi connectivity index (χ0) is 20.5. The van der Waals surface area contributed by atoms with Crippen LogP contribution < -0.4 is 14.9 Å². The van der Waals surface area contributed by atoms with Crippen molar-refractivity contribution in [3.63, 3.8) is 0 Å². The Kier molecular flexibility index (Phi) is 7.67. The van der Waals surface area contributed by atoms with E-state index in [-0.39, 0.29) is 6.61 Å².